The minimum atomic E-state index is -0.861. The number of benzene rings is 2. The molecule has 0 aliphatic heterocycles. The van der Waals surface area contributed by atoms with Crippen molar-refractivity contribution >= 4 is 11.8 Å². The summed E-state index contributed by atoms with van der Waals surface area (Å²) in [5, 5.41) is 8.72. The molecule has 152 valence electrons. The molecule has 0 saturated heterocycles. The van der Waals surface area contributed by atoms with Crippen molar-refractivity contribution in [2.45, 2.75) is 72.1 Å². The Morgan fingerprint density at radius 1 is 0.750 bits per heavy atom. The summed E-state index contributed by atoms with van der Waals surface area (Å²) in [5.41, 5.74) is 3.71. The lowest BCUT2D eigenvalue weighted by atomic mass is 9.95. The number of aromatic carboxylic acids is 1. The van der Waals surface area contributed by atoms with Crippen LogP contribution in [-0.2, 0) is 0 Å². The van der Waals surface area contributed by atoms with Gasteiger partial charge >= 0.3 is 5.97 Å². The Morgan fingerprint density at radius 3 is 1.39 bits per heavy atom. The lowest BCUT2D eigenvalue weighted by molar-refractivity contribution is 0.0696. The van der Waals surface area contributed by atoms with Gasteiger partial charge in [0.15, 0.2) is 5.78 Å². The van der Waals surface area contributed by atoms with Crippen LogP contribution in [0.1, 0.15) is 104 Å². The van der Waals surface area contributed by atoms with Crippen LogP contribution in [0, 0.1) is 0 Å². The first-order valence-corrected chi connectivity index (χ1v) is 10.2. The lowest BCUT2D eigenvalue weighted by Crippen LogP contribution is -1.98. The minimum absolute atomic E-state index is 0.139. The number of hydrogen-bond donors (Lipinski definition) is 1. The predicted octanol–water partition coefficient (Wildman–Crippen LogP) is 7.08. The van der Waals surface area contributed by atoms with Gasteiger partial charge in [0.2, 0.25) is 0 Å². The van der Waals surface area contributed by atoms with E-state index in [2.05, 4.69) is 39.8 Å². The molecule has 0 fully saturated rings. The van der Waals surface area contributed by atoms with Gasteiger partial charge in [-0.05, 0) is 54.9 Å². The zero-order valence-corrected chi connectivity index (χ0v) is 17.9. The average Bonchev–Trinajstić information content (AvgIpc) is 2.69. The fourth-order valence-corrected chi connectivity index (χ4v) is 3.20. The Kier molecular flexibility index (Phi) is 10.2. The zero-order valence-electron chi connectivity index (χ0n) is 17.9. The van der Waals surface area contributed by atoms with Gasteiger partial charge in [-0.3, -0.25) is 4.79 Å². The van der Waals surface area contributed by atoms with Crippen LogP contribution in [0.3, 0.4) is 0 Å². The van der Waals surface area contributed by atoms with Crippen molar-refractivity contribution in [3.63, 3.8) is 0 Å². The van der Waals surface area contributed by atoms with Crippen molar-refractivity contribution in [1.82, 2.24) is 0 Å². The van der Waals surface area contributed by atoms with Gasteiger partial charge < -0.3 is 5.11 Å². The van der Waals surface area contributed by atoms with Crippen LogP contribution in [0.4, 0.5) is 0 Å². The largest absolute Gasteiger partial charge is 0.478 e. The number of carboxylic acid groups (broad SMARTS) is 1. The molecule has 2 atom stereocenters. The molecule has 3 heteroatoms. The third kappa shape index (κ3) is 7.67. The van der Waals surface area contributed by atoms with Crippen molar-refractivity contribution in [2.75, 3.05) is 0 Å². The van der Waals surface area contributed by atoms with Gasteiger partial charge in [0, 0.05) is 5.56 Å². The molecule has 0 aromatic heterocycles. The highest BCUT2D eigenvalue weighted by Crippen LogP contribution is 2.21. The van der Waals surface area contributed by atoms with Crippen LogP contribution in [0.2, 0.25) is 0 Å². The van der Waals surface area contributed by atoms with Crippen molar-refractivity contribution < 1.29 is 14.7 Å². The van der Waals surface area contributed by atoms with E-state index in [4.69, 9.17) is 5.11 Å². The maximum Gasteiger partial charge on any atom is 0.335 e. The first-order chi connectivity index (χ1) is 13.3. The highest BCUT2D eigenvalue weighted by atomic mass is 16.4. The molecule has 2 aromatic carbocycles. The Labute approximate surface area is 169 Å². The zero-order chi connectivity index (χ0) is 21.1. The molecular formula is C25H34O3. The molecule has 0 aliphatic rings. The molecule has 0 saturated carbocycles. The Balaban J connectivity index is 0.000000280. The van der Waals surface area contributed by atoms with Crippen molar-refractivity contribution in [3.05, 3.63) is 70.8 Å². The van der Waals surface area contributed by atoms with Crippen LogP contribution >= 0.6 is 0 Å². The van der Waals surface area contributed by atoms with Gasteiger partial charge in [0.05, 0.1) is 5.56 Å². The summed E-state index contributed by atoms with van der Waals surface area (Å²) >= 11 is 0. The van der Waals surface area contributed by atoms with E-state index in [-0.39, 0.29) is 5.78 Å². The lowest BCUT2D eigenvalue weighted by Gasteiger charge is -2.10. The van der Waals surface area contributed by atoms with Crippen molar-refractivity contribution in [1.29, 1.82) is 0 Å². The molecule has 1 N–H and O–H groups in total. The molecule has 0 spiro atoms. The third-order valence-electron chi connectivity index (χ3n) is 5.06. The second kappa shape index (κ2) is 12.1. The number of carbonyl (C=O) groups excluding carboxylic acids is 1. The Morgan fingerprint density at radius 2 is 1.11 bits per heavy atom. The molecule has 0 heterocycles. The molecule has 0 bridgehead atoms. The minimum Gasteiger partial charge on any atom is -0.478 e. The van der Waals surface area contributed by atoms with Crippen molar-refractivity contribution in [3.8, 4) is 0 Å². The van der Waals surface area contributed by atoms with Crippen LogP contribution in [0.15, 0.2) is 48.5 Å². The van der Waals surface area contributed by atoms with E-state index in [9.17, 15) is 9.59 Å². The van der Waals surface area contributed by atoms with E-state index in [1.165, 1.54) is 24.0 Å². The number of hydrogen-bond acceptors (Lipinski definition) is 2. The van der Waals surface area contributed by atoms with Crippen LogP contribution in [0.25, 0.3) is 0 Å². The summed E-state index contributed by atoms with van der Waals surface area (Å²) in [6, 6.07) is 15.1. The number of carboxylic acids is 1. The highest BCUT2D eigenvalue weighted by molar-refractivity contribution is 5.94. The standard InChI is InChI=1S/C13H18O.C12H16O2/c1-4-5-10(2)12-6-8-13(9-7-12)11(3)14;1-3-4-9(2)10-5-7-11(8-6-10)12(13)14/h6-10H,4-5H2,1-3H3;5-9H,3-4H2,1-2H3,(H,13,14). The smallest absolute Gasteiger partial charge is 0.335 e. The summed E-state index contributed by atoms with van der Waals surface area (Å²) < 4.78 is 0. The maximum absolute atomic E-state index is 11.1. The van der Waals surface area contributed by atoms with Crippen LogP contribution in [0.5, 0.6) is 0 Å². The average molecular weight is 383 g/mol. The molecule has 0 aliphatic carbocycles. The highest BCUT2D eigenvalue weighted by Gasteiger charge is 2.06. The summed E-state index contributed by atoms with van der Waals surface area (Å²) in [6.45, 7) is 10.3. The molecule has 2 aromatic rings. The Bertz CT molecular complexity index is 664. The van der Waals surface area contributed by atoms with E-state index in [0.29, 0.717) is 17.4 Å². The van der Waals surface area contributed by atoms with Crippen LogP contribution < -0.4 is 0 Å². The van der Waals surface area contributed by atoms with E-state index in [1.807, 2.05) is 24.3 Å². The molecule has 28 heavy (non-hydrogen) atoms. The maximum atomic E-state index is 11.1. The predicted molar refractivity (Wildman–Crippen MR) is 116 cm³/mol. The second-order valence-corrected chi connectivity index (χ2v) is 7.48. The quantitative estimate of drug-likeness (QED) is 0.496. The first kappa shape index (κ1) is 23.6. The summed E-state index contributed by atoms with van der Waals surface area (Å²) in [4.78, 5) is 21.7. The number of rotatable bonds is 8. The monoisotopic (exact) mass is 382 g/mol. The Hall–Kier alpha value is -2.42. The number of carbonyl (C=O) groups is 2. The third-order valence-corrected chi connectivity index (χ3v) is 5.06. The van der Waals surface area contributed by atoms with E-state index in [0.717, 1.165) is 18.4 Å². The van der Waals surface area contributed by atoms with E-state index in [1.54, 1.807) is 19.1 Å². The van der Waals surface area contributed by atoms with Gasteiger partial charge in [-0.1, -0.05) is 76.9 Å². The van der Waals surface area contributed by atoms with Gasteiger partial charge in [-0.25, -0.2) is 4.79 Å². The summed E-state index contributed by atoms with van der Waals surface area (Å²) in [5.74, 6) is 0.392. The van der Waals surface area contributed by atoms with Crippen molar-refractivity contribution in [2.24, 2.45) is 0 Å². The molecule has 3 nitrogen and oxygen atoms in total. The van der Waals surface area contributed by atoms with Crippen LogP contribution in [-0.4, -0.2) is 16.9 Å². The van der Waals surface area contributed by atoms with E-state index >= 15 is 0 Å². The first-order valence-electron chi connectivity index (χ1n) is 10.2. The van der Waals surface area contributed by atoms with Gasteiger partial charge in [-0.15, -0.1) is 0 Å². The second-order valence-electron chi connectivity index (χ2n) is 7.48. The summed E-state index contributed by atoms with van der Waals surface area (Å²) in [6.07, 6.45) is 4.71. The SMILES string of the molecule is CCCC(C)c1ccc(C(=O)O)cc1.CCCC(C)c1ccc(C(C)=O)cc1. The number of Topliss-reactive ketones (excluding diaryl/α,β-unsaturated/α-hetero) is 1. The fourth-order valence-electron chi connectivity index (χ4n) is 3.20. The molecule has 2 rings (SSSR count). The topological polar surface area (TPSA) is 54.4 Å². The van der Waals surface area contributed by atoms with E-state index < -0.39 is 5.97 Å². The molecule has 2 unspecified atom stereocenters. The summed E-state index contributed by atoms with van der Waals surface area (Å²) in [7, 11) is 0. The molecule has 0 radical (unpaired) electrons. The molecule has 0 amide bonds. The fraction of sp³-hybridized carbons (Fsp3) is 0.440. The number of ketones is 1. The van der Waals surface area contributed by atoms with Gasteiger partial charge in [0.25, 0.3) is 0 Å². The van der Waals surface area contributed by atoms with Gasteiger partial charge in [0.1, 0.15) is 0 Å². The van der Waals surface area contributed by atoms with Gasteiger partial charge in [-0.2, -0.15) is 0 Å². The normalized spacial score (nSPS) is 12.5. The molecular weight excluding hydrogens is 348 g/mol.